The number of nitrogens with one attached hydrogen (secondary N) is 1. The number of ether oxygens (including phenoxy) is 1. The van der Waals surface area contributed by atoms with Gasteiger partial charge in [-0.2, -0.15) is 0 Å². The van der Waals surface area contributed by atoms with Crippen molar-refractivity contribution in [2.24, 2.45) is 0 Å². The Morgan fingerprint density at radius 3 is 2.88 bits per heavy atom. The average molecular weight is 340 g/mol. The van der Waals surface area contributed by atoms with Crippen LogP contribution >= 0.6 is 0 Å². The summed E-state index contributed by atoms with van der Waals surface area (Å²) in [6, 6.07) is 10.7. The van der Waals surface area contributed by atoms with Gasteiger partial charge in [0, 0.05) is 30.8 Å². The van der Waals surface area contributed by atoms with Gasteiger partial charge in [-0.15, -0.1) is 0 Å². The molecule has 5 heteroatoms. The van der Waals surface area contributed by atoms with E-state index in [1.54, 1.807) is 7.11 Å². The molecule has 0 spiro atoms. The Bertz CT molecular complexity index is 704. The highest BCUT2D eigenvalue weighted by Gasteiger charge is 2.22. The molecule has 0 bridgehead atoms. The first-order valence-corrected chi connectivity index (χ1v) is 9.19. The molecular formula is C20H28N4O. The maximum Gasteiger partial charge on any atom is 0.134 e. The monoisotopic (exact) mass is 340 g/mol. The van der Waals surface area contributed by atoms with Crippen molar-refractivity contribution in [1.82, 2.24) is 9.97 Å². The molecule has 1 N–H and O–H groups in total. The summed E-state index contributed by atoms with van der Waals surface area (Å²) in [6.45, 7) is 5.98. The van der Waals surface area contributed by atoms with Crippen molar-refractivity contribution in [3.8, 4) is 5.75 Å². The van der Waals surface area contributed by atoms with Gasteiger partial charge in [0.1, 0.15) is 23.2 Å². The Balaban J connectivity index is 1.77. The molecule has 1 fully saturated rings. The Kier molecular flexibility index (Phi) is 5.74. The molecule has 0 aliphatic carbocycles. The molecule has 134 valence electrons. The molecule has 1 aliphatic rings. The Morgan fingerprint density at radius 2 is 2.08 bits per heavy atom. The van der Waals surface area contributed by atoms with Crippen molar-refractivity contribution in [3.63, 3.8) is 0 Å². The lowest BCUT2D eigenvalue weighted by Gasteiger charge is -2.36. The van der Waals surface area contributed by atoms with Gasteiger partial charge in [-0.05, 0) is 38.7 Å². The van der Waals surface area contributed by atoms with Crippen LogP contribution in [0.4, 0.5) is 11.6 Å². The third-order valence-corrected chi connectivity index (χ3v) is 4.87. The van der Waals surface area contributed by atoms with E-state index in [-0.39, 0.29) is 0 Å². The van der Waals surface area contributed by atoms with Crippen molar-refractivity contribution in [2.45, 2.75) is 52.1 Å². The van der Waals surface area contributed by atoms with E-state index in [2.05, 4.69) is 34.3 Å². The molecular weight excluding hydrogens is 312 g/mol. The summed E-state index contributed by atoms with van der Waals surface area (Å²) in [6.07, 6.45) is 4.97. The van der Waals surface area contributed by atoms with Crippen LogP contribution in [0.3, 0.4) is 0 Å². The number of hydrogen-bond donors (Lipinski definition) is 1. The molecule has 1 aliphatic heterocycles. The number of methoxy groups -OCH3 is 1. The van der Waals surface area contributed by atoms with Gasteiger partial charge >= 0.3 is 0 Å². The normalized spacial score (nSPS) is 17.4. The number of anilines is 2. The zero-order chi connectivity index (χ0) is 17.6. The SMILES string of the molecule is CCC1CCCCN1c1cc(NCc2ccccc2OC)nc(C)n1. The molecule has 2 heterocycles. The van der Waals surface area contributed by atoms with E-state index in [1.807, 2.05) is 25.1 Å². The summed E-state index contributed by atoms with van der Waals surface area (Å²) in [5.74, 6) is 3.61. The molecule has 5 nitrogen and oxygen atoms in total. The number of piperidine rings is 1. The molecule has 0 radical (unpaired) electrons. The maximum atomic E-state index is 5.42. The predicted octanol–water partition coefficient (Wildman–Crippen LogP) is 4.17. The summed E-state index contributed by atoms with van der Waals surface area (Å²) in [5.41, 5.74) is 1.12. The topological polar surface area (TPSA) is 50.3 Å². The van der Waals surface area contributed by atoms with Crippen LogP contribution < -0.4 is 15.0 Å². The summed E-state index contributed by atoms with van der Waals surface area (Å²) < 4.78 is 5.42. The molecule has 0 amide bonds. The number of hydrogen-bond acceptors (Lipinski definition) is 5. The highest BCUT2D eigenvalue weighted by Crippen LogP contribution is 2.27. The summed E-state index contributed by atoms with van der Waals surface area (Å²) in [4.78, 5) is 11.7. The number of aryl methyl sites for hydroxylation is 1. The second kappa shape index (κ2) is 8.19. The van der Waals surface area contributed by atoms with Crippen LogP contribution in [0.1, 0.15) is 44.0 Å². The van der Waals surface area contributed by atoms with Gasteiger partial charge in [-0.3, -0.25) is 0 Å². The highest BCUT2D eigenvalue weighted by molar-refractivity contribution is 5.51. The smallest absolute Gasteiger partial charge is 0.134 e. The van der Waals surface area contributed by atoms with E-state index in [0.29, 0.717) is 12.6 Å². The van der Waals surface area contributed by atoms with E-state index < -0.39 is 0 Å². The first-order chi connectivity index (χ1) is 12.2. The van der Waals surface area contributed by atoms with E-state index in [4.69, 9.17) is 9.72 Å². The van der Waals surface area contributed by atoms with Gasteiger partial charge in [0.25, 0.3) is 0 Å². The Morgan fingerprint density at radius 1 is 1.24 bits per heavy atom. The first kappa shape index (κ1) is 17.5. The molecule has 1 saturated heterocycles. The largest absolute Gasteiger partial charge is 0.496 e. The minimum Gasteiger partial charge on any atom is -0.496 e. The second-order valence-corrected chi connectivity index (χ2v) is 6.58. The van der Waals surface area contributed by atoms with Gasteiger partial charge in [0.05, 0.1) is 7.11 Å². The Labute approximate surface area is 150 Å². The van der Waals surface area contributed by atoms with E-state index in [0.717, 1.165) is 41.7 Å². The second-order valence-electron chi connectivity index (χ2n) is 6.58. The van der Waals surface area contributed by atoms with Gasteiger partial charge in [-0.1, -0.05) is 25.1 Å². The van der Waals surface area contributed by atoms with E-state index in [1.165, 1.54) is 19.3 Å². The number of para-hydroxylation sites is 1. The van der Waals surface area contributed by atoms with E-state index in [9.17, 15) is 0 Å². The molecule has 0 saturated carbocycles. The molecule has 2 aromatic rings. The lowest BCUT2D eigenvalue weighted by Crippen LogP contribution is -2.39. The quantitative estimate of drug-likeness (QED) is 0.855. The number of rotatable bonds is 6. The fraction of sp³-hybridized carbons (Fsp3) is 0.500. The van der Waals surface area contributed by atoms with Crippen LogP contribution in [-0.4, -0.2) is 29.7 Å². The predicted molar refractivity (Wildman–Crippen MR) is 102 cm³/mol. The molecule has 1 unspecified atom stereocenters. The molecule has 3 rings (SSSR count). The summed E-state index contributed by atoms with van der Waals surface area (Å²) in [7, 11) is 1.70. The van der Waals surface area contributed by atoms with Crippen LogP contribution in [0.5, 0.6) is 5.75 Å². The average Bonchev–Trinajstić information content (AvgIpc) is 2.66. The van der Waals surface area contributed by atoms with Crippen LogP contribution in [-0.2, 0) is 6.54 Å². The number of nitrogens with zero attached hydrogens (tertiary/aromatic N) is 3. The van der Waals surface area contributed by atoms with Gasteiger partial charge < -0.3 is 15.0 Å². The third kappa shape index (κ3) is 4.21. The highest BCUT2D eigenvalue weighted by atomic mass is 16.5. The van der Waals surface area contributed by atoms with Crippen molar-refractivity contribution >= 4 is 11.6 Å². The van der Waals surface area contributed by atoms with Crippen molar-refractivity contribution in [1.29, 1.82) is 0 Å². The molecule has 1 aromatic carbocycles. The summed E-state index contributed by atoms with van der Waals surface area (Å²) >= 11 is 0. The van der Waals surface area contributed by atoms with Crippen LogP contribution in [0, 0.1) is 6.92 Å². The minimum absolute atomic E-state index is 0.588. The standard InChI is InChI=1S/C20H28N4O/c1-4-17-10-7-8-12-24(17)20-13-19(22-15(2)23-20)21-14-16-9-5-6-11-18(16)25-3/h5-6,9,11,13,17H,4,7-8,10,12,14H2,1-3H3,(H,21,22,23). The van der Waals surface area contributed by atoms with Crippen molar-refractivity contribution < 1.29 is 4.74 Å². The van der Waals surface area contributed by atoms with Crippen LogP contribution in [0.2, 0.25) is 0 Å². The zero-order valence-corrected chi connectivity index (χ0v) is 15.5. The fourth-order valence-corrected chi connectivity index (χ4v) is 3.55. The zero-order valence-electron chi connectivity index (χ0n) is 15.5. The lowest BCUT2D eigenvalue weighted by molar-refractivity contribution is 0.410. The van der Waals surface area contributed by atoms with Crippen molar-refractivity contribution in [3.05, 3.63) is 41.7 Å². The minimum atomic E-state index is 0.588. The van der Waals surface area contributed by atoms with Crippen LogP contribution in [0.25, 0.3) is 0 Å². The van der Waals surface area contributed by atoms with Gasteiger partial charge in [0.15, 0.2) is 0 Å². The van der Waals surface area contributed by atoms with Gasteiger partial charge in [-0.25, -0.2) is 9.97 Å². The number of aromatic nitrogens is 2. The Hall–Kier alpha value is -2.30. The maximum absolute atomic E-state index is 5.42. The van der Waals surface area contributed by atoms with Crippen molar-refractivity contribution in [2.75, 3.05) is 23.9 Å². The molecule has 25 heavy (non-hydrogen) atoms. The third-order valence-electron chi connectivity index (χ3n) is 4.87. The first-order valence-electron chi connectivity index (χ1n) is 9.19. The molecule has 1 atom stereocenters. The fourth-order valence-electron chi connectivity index (χ4n) is 3.55. The van der Waals surface area contributed by atoms with E-state index >= 15 is 0 Å². The summed E-state index contributed by atoms with van der Waals surface area (Å²) in [5, 5.41) is 3.43. The molecule has 1 aromatic heterocycles. The lowest BCUT2D eigenvalue weighted by atomic mass is 10.00. The van der Waals surface area contributed by atoms with Gasteiger partial charge in [0.2, 0.25) is 0 Å². The number of benzene rings is 1. The van der Waals surface area contributed by atoms with Crippen LogP contribution in [0.15, 0.2) is 30.3 Å².